The van der Waals surface area contributed by atoms with Gasteiger partial charge in [-0.3, -0.25) is 30.7 Å². The van der Waals surface area contributed by atoms with Crippen LogP contribution in [0.1, 0.15) is 15.9 Å². The van der Waals surface area contributed by atoms with Gasteiger partial charge in [-0.15, -0.1) is 0 Å². The molecule has 0 spiro atoms. The molecule has 1 aromatic heterocycles. The quantitative estimate of drug-likeness (QED) is 0.388. The second kappa shape index (κ2) is 9.64. The number of amides is 2. The lowest BCUT2D eigenvalue weighted by Crippen LogP contribution is -2.48. The number of pyridine rings is 1. The summed E-state index contributed by atoms with van der Waals surface area (Å²) in [4.78, 5) is 27.6. The summed E-state index contributed by atoms with van der Waals surface area (Å²) in [5.41, 5.74) is 5.97. The zero-order chi connectivity index (χ0) is 18.9. The number of carbonyl (C=O) groups excluding carboxylic acids is 2. The molecule has 0 saturated carbocycles. The third-order valence-electron chi connectivity index (χ3n) is 3.07. The maximum atomic E-state index is 11.9. The Labute approximate surface area is 163 Å². The van der Waals surface area contributed by atoms with Crippen molar-refractivity contribution in [2.24, 2.45) is 0 Å². The van der Waals surface area contributed by atoms with Crippen LogP contribution >= 0.6 is 28.1 Å². The van der Waals surface area contributed by atoms with E-state index in [1.54, 1.807) is 31.4 Å². The zero-order valence-corrected chi connectivity index (χ0v) is 16.1. The molecule has 3 N–H and O–H groups in total. The number of benzene rings is 1. The summed E-state index contributed by atoms with van der Waals surface area (Å²) < 4.78 is 6.08. The molecule has 1 heterocycles. The first-order valence-electron chi connectivity index (χ1n) is 7.32. The van der Waals surface area contributed by atoms with Crippen LogP contribution in [0.2, 0.25) is 0 Å². The summed E-state index contributed by atoms with van der Waals surface area (Å²) in [6.07, 6.45) is 5.89. The Kier molecular flexibility index (Phi) is 7.24. The minimum atomic E-state index is -0.456. The van der Waals surface area contributed by atoms with Crippen LogP contribution in [0.3, 0.4) is 0 Å². The Morgan fingerprint density at radius 3 is 2.62 bits per heavy atom. The van der Waals surface area contributed by atoms with E-state index < -0.39 is 11.8 Å². The van der Waals surface area contributed by atoms with Crippen molar-refractivity contribution in [2.75, 3.05) is 7.11 Å². The zero-order valence-electron chi connectivity index (χ0n) is 13.7. The molecule has 0 aliphatic carbocycles. The van der Waals surface area contributed by atoms with Gasteiger partial charge in [0, 0.05) is 34.1 Å². The van der Waals surface area contributed by atoms with Gasteiger partial charge >= 0.3 is 0 Å². The second-order valence-electron chi connectivity index (χ2n) is 4.85. The molecule has 2 rings (SSSR count). The molecule has 7 nitrogen and oxygen atoms in total. The topological polar surface area (TPSA) is 92.4 Å². The third-order valence-corrected chi connectivity index (χ3v) is 3.77. The van der Waals surface area contributed by atoms with E-state index in [9.17, 15) is 9.59 Å². The molecule has 134 valence electrons. The molecule has 26 heavy (non-hydrogen) atoms. The molecule has 0 aliphatic rings. The van der Waals surface area contributed by atoms with Gasteiger partial charge in [0.15, 0.2) is 5.11 Å². The van der Waals surface area contributed by atoms with Crippen molar-refractivity contribution < 1.29 is 14.3 Å². The fourth-order valence-electron chi connectivity index (χ4n) is 1.87. The molecule has 0 unspecified atom stereocenters. The number of methoxy groups -OCH3 is 1. The van der Waals surface area contributed by atoms with Crippen LogP contribution in [0.5, 0.6) is 5.75 Å². The van der Waals surface area contributed by atoms with Crippen LogP contribution in [0.4, 0.5) is 0 Å². The highest BCUT2D eigenvalue weighted by Gasteiger charge is 2.06. The Balaban J connectivity index is 1.86. The number of thiocarbonyl (C=S) groups is 1. The van der Waals surface area contributed by atoms with Gasteiger partial charge in [-0.05, 0) is 48.6 Å². The van der Waals surface area contributed by atoms with Gasteiger partial charge in [-0.1, -0.05) is 15.9 Å². The summed E-state index contributed by atoms with van der Waals surface area (Å²) in [5.74, 6) is -0.233. The van der Waals surface area contributed by atoms with Gasteiger partial charge in [0.1, 0.15) is 5.75 Å². The molecule has 2 aromatic rings. The molecule has 0 saturated heterocycles. The van der Waals surface area contributed by atoms with Gasteiger partial charge in [0.2, 0.25) is 5.91 Å². The normalized spacial score (nSPS) is 10.2. The molecule has 0 atom stereocenters. The fraction of sp³-hybridized carbons (Fsp3) is 0.0588. The summed E-state index contributed by atoms with van der Waals surface area (Å²) in [5, 5.41) is 2.39. The highest BCUT2D eigenvalue weighted by molar-refractivity contribution is 9.10. The van der Waals surface area contributed by atoms with E-state index in [1.165, 1.54) is 18.5 Å². The average molecular weight is 435 g/mol. The van der Waals surface area contributed by atoms with Crippen molar-refractivity contribution in [3.63, 3.8) is 0 Å². The van der Waals surface area contributed by atoms with E-state index in [1.807, 2.05) is 12.1 Å². The summed E-state index contributed by atoms with van der Waals surface area (Å²) >= 11 is 8.32. The first kappa shape index (κ1) is 19.5. The molecule has 1 aromatic carbocycles. The first-order chi connectivity index (χ1) is 12.5. The van der Waals surface area contributed by atoms with Gasteiger partial charge in [0.05, 0.1) is 7.11 Å². The monoisotopic (exact) mass is 434 g/mol. The number of nitrogens with zero attached hydrogens (tertiary/aromatic N) is 1. The Morgan fingerprint density at radius 2 is 1.92 bits per heavy atom. The molecular formula is C17H15BrN4O3S. The van der Waals surface area contributed by atoms with Gasteiger partial charge in [-0.2, -0.15) is 0 Å². The predicted molar refractivity (Wildman–Crippen MR) is 105 cm³/mol. The molecule has 0 aliphatic heterocycles. The number of carbonyl (C=O) groups is 2. The van der Waals surface area contributed by atoms with E-state index in [0.29, 0.717) is 11.3 Å². The summed E-state index contributed by atoms with van der Waals surface area (Å²) in [7, 11) is 1.55. The van der Waals surface area contributed by atoms with Crippen molar-refractivity contribution in [1.29, 1.82) is 0 Å². The van der Waals surface area contributed by atoms with Crippen LogP contribution in [-0.2, 0) is 4.79 Å². The highest BCUT2D eigenvalue weighted by Crippen LogP contribution is 2.23. The van der Waals surface area contributed by atoms with E-state index in [0.717, 1.165) is 10.0 Å². The first-order valence-corrected chi connectivity index (χ1v) is 8.52. The lowest BCUT2D eigenvalue weighted by molar-refractivity contribution is -0.115. The van der Waals surface area contributed by atoms with Crippen LogP contribution < -0.4 is 20.9 Å². The number of halogens is 1. The number of nitrogens with one attached hydrogen (secondary N) is 3. The molecule has 2 amide bonds. The van der Waals surface area contributed by atoms with E-state index in [-0.39, 0.29) is 5.11 Å². The van der Waals surface area contributed by atoms with Crippen LogP contribution in [-0.4, -0.2) is 29.0 Å². The maximum Gasteiger partial charge on any atom is 0.269 e. The largest absolute Gasteiger partial charge is 0.496 e. The summed E-state index contributed by atoms with van der Waals surface area (Å²) in [6.45, 7) is 0. The van der Waals surface area contributed by atoms with E-state index in [4.69, 9.17) is 17.0 Å². The van der Waals surface area contributed by atoms with Crippen LogP contribution in [0, 0.1) is 0 Å². The van der Waals surface area contributed by atoms with E-state index in [2.05, 4.69) is 37.1 Å². The third kappa shape index (κ3) is 5.94. The number of hydrogen-bond donors (Lipinski definition) is 3. The smallest absolute Gasteiger partial charge is 0.269 e. The molecular weight excluding hydrogens is 420 g/mol. The van der Waals surface area contributed by atoms with Gasteiger partial charge < -0.3 is 4.74 Å². The minimum Gasteiger partial charge on any atom is -0.496 e. The number of aromatic nitrogens is 1. The van der Waals surface area contributed by atoms with Crippen molar-refractivity contribution in [1.82, 2.24) is 21.2 Å². The van der Waals surface area contributed by atoms with Gasteiger partial charge in [0.25, 0.3) is 5.91 Å². The maximum absolute atomic E-state index is 11.9. The van der Waals surface area contributed by atoms with Crippen molar-refractivity contribution >= 4 is 51.2 Å². The number of hydrogen-bond acceptors (Lipinski definition) is 5. The predicted octanol–water partition coefficient (Wildman–Crippen LogP) is 2.20. The molecule has 9 heteroatoms. The number of rotatable bonds is 4. The number of ether oxygens (including phenoxy) is 1. The van der Waals surface area contributed by atoms with Crippen molar-refractivity contribution in [2.45, 2.75) is 0 Å². The van der Waals surface area contributed by atoms with Crippen molar-refractivity contribution in [3.8, 4) is 5.75 Å². The van der Waals surface area contributed by atoms with Crippen molar-refractivity contribution in [3.05, 3.63) is 64.4 Å². The fourth-order valence-corrected chi connectivity index (χ4v) is 2.41. The SMILES string of the molecule is COc1ccc(Br)cc1/C=C/C(=O)NC(=S)NNC(=O)c1ccncc1. The molecule has 0 radical (unpaired) electrons. The van der Waals surface area contributed by atoms with Crippen LogP contribution in [0.25, 0.3) is 6.08 Å². The lowest BCUT2D eigenvalue weighted by atomic mass is 10.2. The molecule has 0 fully saturated rings. The Hall–Kier alpha value is -2.78. The number of hydrazine groups is 1. The average Bonchev–Trinajstić information content (AvgIpc) is 2.65. The summed E-state index contributed by atoms with van der Waals surface area (Å²) in [6, 6.07) is 8.52. The highest BCUT2D eigenvalue weighted by atomic mass is 79.9. The second-order valence-corrected chi connectivity index (χ2v) is 6.18. The Bertz CT molecular complexity index is 843. The lowest BCUT2D eigenvalue weighted by Gasteiger charge is -2.09. The van der Waals surface area contributed by atoms with Crippen LogP contribution in [0.15, 0.2) is 53.3 Å². The standard InChI is InChI=1S/C17H15BrN4O3S/c1-25-14-4-3-13(18)10-12(14)2-5-15(23)20-17(26)22-21-16(24)11-6-8-19-9-7-11/h2-10H,1H3,(H,21,24)(H2,20,22,23,26)/b5-2+. The molecule has 0 bridgehead atoms. The Morgan fingerprint density at radius 1 is 1.19 bits per heavy atom. The van der Waals surface area contributed by atoms with E-state index >= 15 is 0 Å². The minimum absolute atomic E-state index is 0.0386. The van der Waals surface area contributed by atoms with Gasteiger partial charge in [-0.25, -0.2) is 0 Å².